The van der Waals surface area contributed by atoms with Gasteiger partial charge in [0.1, 0.15) is 0 Å². The molecule has 0 aromatic heterocycles. The summed E-state index contributed by atoms with van der Waals surface area (Å²) >= 11 is 0. The molecule has 0 fully saturated rings. The molecule has 0 N–H and O–H groups in total. The maximum Gasteiger partial charge on any atom is 0.0707 e. The highest BCUT2D eigenvalue weighted by Gasteiger charge is 2.05. The third-order valence-electron chi connectivity index (χ3n) is 1.45. The molecule has 0 radical (unpaired) electrons. The zero-order valence-electron chi connectivity index (χ0n) is 7.42. The fourth-order valence-corrected chi connectivity index (χ4v) is 0.794. The molecule has 0 aliphatic carbocycles. The lowest BCUT2D eigenvalue weighted by Crippen LogP contribution is -2.07. The van der Waals surface area contributed by atoms with Crippen molar-refractivity contribution in [2.24, 2.45) is 5.92 Å². The van der Waals surface area contributed by atoms with Crippen LogP contribution in [0.2, 0.25) is 0 Å². The SMILES string of the molecule is CCCOCC(C#N)CCC#N. The molecule has 1 atom stereocenters. The van der Waals surface area contributed by atoms with Crippen LogP contribution in [0.1, 0.15) is 26.2 Å². The minimum Gasteiger partial charge on any atom is -0.380 e. The molecule has 0 bridgehead atoms. The molecular formula is C9H14N2O. The fourth-order valence-electron chi connectivity index (χ4n) is 0.794. The van der Waals surface area contributed by atoms with Gasteiger partial charge in [0.25, 0.3) is 0 Å². The van der Waals surface area contributed by atoms with Gasteiger partial charge in [0.15, 0.2) is 0 Å². The van der Waals surface area contributed by atoms with E-state index in [4.69, 9.17) is 15.3 Å². The molecule has 3 heteroatoms. The Bertz CT molecular complexity index is 178. The summed E-state index contributed by atoms with van der Waals surface area (Å²) in [6, 6.07) is 4.14. The average Bonchev–Trinajstić information content (AvgIpc) is 2.11. The average molecular weight is 166 g/mol. The Hall–Kier alpha value is -1.06. The standard InChI is InChI=1S/C9H14N2O/c1-2-6-12-8-9(7-11)4-3-5-10/h9H,2-4,6,8H2,1H3. The molecule has 0 aromatic rings. The zero-order chi connectivity index (χ0) is 9.23. The first kappa shape index (κ1) is 10.9. The van der Waals surface area contributed by atoms with E-state index in [1.54, 1.807) is 0 Å². The van der Waals surface area contributed by atoms with Crippen molar-refractivity contribution in [3.8, 4) is 12.1 Å². The Morgan fingerprint density at radius 3 is 2.67 bits per heavy atom. The molecule has 3 nitrogen and oxygen atoms in total. The summed E-state index contributed by atoms with van der Waals surface area (Å²) in [6.45, 7) is 3.19. The van der Waals surface area contributed by atoms with Crippen LogP contribution in [-0.2, 0) is 4.74 Å². The second-order valence-electron chi connectivity index (χ2n) is 2.60. The molecule has 0 aromatic carbocycles. The number of nitriles is 2. The van der Waals surface area contributed by atoms with Gasteiger partial charge in [0.2, 0.25) is 0 Å². The van der Waals surface area contributed by atoms with Gasteiger partial charge in [-0.1, -0.05) is 6.92 Å². The van der Waals surface area contributed by atoms with E-state index in [1.807, 2.05) is 13.0 Å². The minimum atomic E-state index is -0.115. The lowest BCUT2D eigenvalue weighted by molar-refractivity contribution is 0.113. The number of hydrogen-bond donors (Lipinski definition) is 0. The fraction of sp³-hybridized carbons (Fsp3) is 0.778. The van der Waals surface area contributed by atoms with E-state index >= 15 is 0 Å². The molecule has 0 saturated carbocycles. The van der Waals surface area contributed by atoms with Crippen LogP contribution in [-0.4, -0.2) is 13.2 Å². The predicted molar refractivity (Wildman–Crippen MR) is 45.1 cm³/mol. The molecule has 0 spiro atoms. The van der Waals surface area contributed by atoms with Crippen LogP contribution in [0, 0.1) is 28.6 Å². The minimum absolute atomic E-state index is 0.115. The van der Waals surface area contributed by atoms with E-state index in [9.17, 15) is 0 Å². The van der Waals surface area contributed by atoms with Crippen molar-refractivity contribution in [1.82, 2.24) is 0 Å². The van der Waals surface area contributed by atoms with Crippen molar-refractivity contribution < 1.29 is 4.74 Å². The Morgan fingerprint density at radius 1 is 1.42 bits per heavy atom. The van der Waals surface area contributed by atoms with Gasteiger partial charge in [-0.2, -0.15) is 10.5 Å². The lowest BCUT2D eigenvalue weighted by atomic mass is 10.1. The Labute approximate surface area is 73.6 Å². The summed E-state index contributed by atoms with van der Waals surface area (Å²) in [4.78, 5) is 0. The predicted octanol–water partition coefficient (Wildman–Crippen LogP) is 1.86. The monoisotopic (exact) mass is 166 g/mol. The molecule has 0 aliphatic rings. The highest BCUT2D eigenvalue weighted by molar-refractivity contribution is 4.85. The quantitative estimate of drug-likeness (QED) is 0.566. The molecule has 0 aliphatic heterocycles. The summed E-state index contributed by atoms with van der Waals surface area (Å²) in [5, 5.41) is 16.9. The molecule has 66 valence electrons. The number of ether oxygens (including phenoxy) is 1. The van der Waals surface area contributed by atoms with Crippen molar-refractivity contribution in [2.75, 3.05) is 13.2 Å². The highest BCUT2D eigenvalue weighted by atomic mass is 16.5. The van der Waals surface area contributed by atoms with Gasteiger partial charge in [-0.15, -0.1) is 0 Å². The van der Waals surface area contributed by atoms with Crippen molar-refractivity contribution in [2.45, 2.75) is 26.2 Å². The molecule has 12 heavy (non-hydrogen) atoms. The second-order valence-corrected chi connectivity index (χ2v) is 2.60. The van der Waals surface area contributed by atoms with E-state index in [0.717, 1.165) is 6.42 Å². The van der Waals surface area contributed by atoms with Crippen molar-refractivity contribution in [1.29, 1.82) is 10.5 Å². The van der Waals surface area contributed by atoms with E-state index in [1.165, 1.54) is 0 Å². The first-order chi connectivity index (χ1) is 5.85. The topological polar surface area (TPSA) is 56.8 Å². The Morgan fingerprint density at radius 2 is 2.17 bits per heavy atom. The first-order valence-corrected chi connectivity index (χ1v) is 4.19. The van der Waals surface area contributed by atoms with Gasteiger partial charge in [0, 0.05) is 13.0 Å². The van der Waals surface area contributed by atoms with Crippen LogP contribution in [0.5, 0.6) is 0 Å². The van der Waals surface area contributed by atoms with Gasteiger partial charge in [-0.25, -0.2) is 0 Å². The number of rotatable bonds is 6. The van der Waals surface area contributed by atoms with Gasteiger partial charge < -0.3 is 4.74 Å². The molecule has 0 amide bonds. The van der Waals surface area contributed by atoms with Crippen molar-refractivity contribution in [3.63, 3.8) is 0 Å². The second kappa shape index (κ2) is 8.04. The van der Waals surface area contributed by atoms with Gasteiger partial charge in [0.05, 0.1) is 24.7 Å². The molecule has 0 rings (SSSR count). The van der Waals surface area contributed by atoms with E-state index in [0.29, 0.717) is 26.1 Å². The van der Waals surface area contributed by atoms with Crippen LogP contribution >= 0.6 is 0 Å². The molecular weight excluding hydrogens is 152 g/mol. The summed E-state index contributed by atoms with van der Waals surface area (Å²) in [5.74, 6) is -0.115. The largest absolute Gasteiger partial charge is 0.380 e. The van der Waals surface area contributed by atoms with Gasteiger partial charge in [-0.05, 0) is 12.8 Å². The third-order valence-corrected chi connectivity index (χ3v) is 1.45. The Balaban J connectivity index is 3.43. The smallest absolute Gasteiger partial charge is 0.0707 e. The molecule has 1 unspecified atom stereocenters. The van der Waals surface area contributed by atoms with Crippen LogP contribution in [0.4, 0.5) is 0 Å². The van der Waals surface area contributed by atoms with E-state index < -0.39 is 0 Å². The highest BCUT2D eigenvalue weighted by Crippen LogP contribution is 2.05. The van der Waals surface area contributed by atoms with Gasteiger partial charge >= 0.3 is 0 Å². The third kappa shape index (κ3) is 5.70. The molecule has 0 saturated heterocycles. The van der Waals surface area contributed by atoms with Gasteiger partial charge in [-0.3, -0.25) is 0 Å². The maximum absolute atomic E-state index is 8.61. The molecule has 0 heterocycles. The lowest BCUT2D eigenvalue weighted by Gasteiger charge is -2.06. The number of nitrogens with zero attached hydrogens (tertiary/aromatic N) is 2. The first-order valence-electron chi connectivity index (χ1n) is 4.19. The van der Waals surface area contributed by atoms with Crippen LogP contribution in [0.3, 0.4) is 0 Å². The Kier molecular flexibility index (Phi) is 7.33. The summed E-state index contributed by atoms with van der Waals surface area (Å²) in [5.41, 5.74) is 0. The van der Waals surface area contributed by atoms with Crippen LogP contribution < -0.4 is 0 Å². The summed E-state index contributed by atoms with van der Waals surface area (Å²) in [6.07, 6.45) is 2.03. The normalized spacial score (nSPS) is 11.6. The maximum atomic E-state index is 8.61. The summed E-state index contributed by atoms with van der Waals surface area (Å²) < 4.78 is 5.20. The van der Waals surface area contributed by atoms with Crippen molar-refractivity contribution in [3.05, 3.63) is 0 Å². The van der Waals surface area contributed by atoms with Crippen LogP contribution in [0.15, 0.2) is 0 Å². The number of hydrogen-bond acceptors (Lipinski definition) is 3. The van der Waals surface area contributed by atoms with E-state index in [-0.39, 0.29) is 5.92 Å². The van der Waals surface area contributed by atoms with Crippen LogP contribution in [0.25, 0.3) is 0 Å². The van der Waals surface area contributed by atoms with Crippen molar-refractivity contribution >= 4 is 0 Å². The van der Waals surface area contributed by atoms with E-state index in [2.05, 4.69) is 6.07 Å². The zero-order valence-corrected chi connectivity index (χ0v) is 7.42. The summed E-state index contributed by atoms with van der Waals surface area (Å²) in [7, 11) is 0.